The van der Waals surface area contributed by atoms with Gasteiger partial charge in [0.1, 0.15) is 0 Å². The number of rotatable bonds is 7. The van der Waals surface area contributed by atoms with Crippen molar-refractivity contribution in [2.45, 2.75) is 59.0 Å². The summed E-state index contributed by atoms with van der Waals surface area (Å²) < 4.78 is 0. The molecule has 2 heteroatoms. The van der Waals surface area contributed by atoms with Crippen molar-refractivity contribution < 1.29 is 0 Å². The molecule has 1 unspecified atom stereocenters. The van der Waals surface area contributed by atoms with E-state index in [9.17, 15) is 0 Å². The highest BCUT2D eigenvalue weighted by Crippen LogP contribution is 2.27. The van der Waals surface area contributed by atoms with Crippen molar-refractivity contribution in [2.24, 2.45) is 17.6 Å². The highest BCUT2D eigenvalue weighted by atomic mass is 15.2. The second-order valence-electron chi connectivity index (χ2n) is 5.97. The van der Waals surface area contributed by atoms with Gasteiger partial charge in [0.2, 0.25) is 0 Å². The average Bonchev–Trinajstić information content (AvgIpc) is 2.81. The molecule has 1 aliphatic rings. The number of hydrogen-bond donors (Lipinski definition) is 1. The van der Waals surface area contributed by atoms with Crippen molar-refractivity contribution >= 4 is 0 Å². The molecule has 0 aromatic heterocycles. The second kappa shape index (κ2) is 5.86. The smallest absolute Gasteiger partial charge is 0.0170 e. The molecule has 0 aromatic carbocycles. The van der Waals surface area contributed by atoms with E-state index in [1.54, 1.807) is 0 Å². The van der Waals surface area contributed by atoms with E-state index in [-0.39, 0.29) is 0 Å². The topological polar surface area (TPSA) is 29.3 Å². The summed E-state index contributed by atoms with van der Waals surface area (Å²) in [5.41, 5.74) is 6.18. The molecule has 1 aliphatic carbocycles. The van der Waals surface area contributed by atoms with Crippen LogP contribution in [0.1, 0.15) is 47.0 Å². The normalized spacial score (nSPS) is 19.2. The fraction of sp³-hybridized carbons (Fsp3) is 1.00. The highest BCUT2D eigenvalue weighted by Gasteiger charge is 2.30. The van der Waals surface area contributed by atoms with E-state index in [4.69, 9.17) is 5.73 Å². The summed E-state index contributed by atoms with van der Waals surface area (Å²) in [5, 5.41) is 0. The molecular weight excluding hydrogens is 184 g/mol. The first kappa shape index (κ1) is 13.0. The summed E-state index contributed by atoms with van der Waals surface area (Å²) in [4.78, 5) is 2.61. The number of hydrogen-bond acceptors (Lipinski definition) is 2. The number of nitrogens with zero attached hydrogens (tertiary/aromatic N) is 1. The van der Waals surface area contributed by atoms with Crippen molar-refractivity contribution in [2.75, 3.05) is 13.1 Å². The third kappa shape index (κ3) is 5.53. The fourth-order valence-corrected chi connectivity index (χ4v) is 2.26. The first-order chi connectivity index (χ1) is 6.99. The summed E-state index contributed by atoms with van der Waals surface area (Å²) in [6.45, 7) is 11.4. The van der Waals surface area contributed by atoms with Gasteiger partial charge in [-0.3, -0.25) is 4.90 Å². The van der Waals surface area contributed by atoms with E-state index in [2.05, 4.69) is 32.6 Å². The van der Waals surface area contributed by atoms with Gasteiger partial charge in [0.05, 0.1) is 0 Å². The van der Waals surface area contributed by atoms with Gasteiger partial charge >= 0.3 is 0 Å². The van der Waals surface area contributed by atoms with Crippen molar-refractivity contribution in [3.63, 3.8) is 0 Å². The lowest BCUT2D eigenvalue weighted by Crippen LogP contribution is -2.41. The Morgan fingerprint density at radius 3 is 2.07 bits per heavy atom. The molecule has 2 N–H and O–H groups in total. The van der Waals surface area contributed by atoms with E-state index in [0.29, 0.717) is 6.04 Å². The van der Waals surface area contributed by atoms with E-state index in [1.807, 2.05) is 0 Å². The molecule has 15 heavy (non-hydrogen) atoms. The van der Waals surface area contributed by atoms with Gasteiger partial charge in [-0.1, -0.05) is 27.7 Å². The molecule has 0 heterocycles. The molecule has 0 spiro atoms. The van der Waals surface area contributed by atoms with Gasteiger partial charge in [-0.15, -0.1) is 0 Å². The Labute approximate surface area is 95.2 Å². The molecule has 0 saturated heterocycles. The van der Waals surface area contributed by atoms with E-state index < -0.39 is 0 Å². The third-order valence-corrected chi connectivity index (χ3v) is 2.91. The lowest BCUT2D eigenvalue weighted by molar-refractivity contribution is 0.212. The van der Waals surface area contributed by atoms with E-state index in [1.165, 1.54) is 19.4 Å². The highest BCUT2D eigenvalue weighted by molar-refractivity contribution is 4.86. The standard InChI is InChI=1S/C13H28N2/c1-10(2)7-12(14)9-15(8-11(3)4)13-5-6-13/h10-13H,5-9,14H2,1-4H3. The molecule has 0 aliphatic heterocycles. The molecule has 2 nitrogen and oxygen atoms in total. The Balaban J connectivity index is 2.30. The van der Waals surface area contributed by atoms with Crippen LogP contribution < -0.4 is 5.73 Å². The molecule has 1 rings (SSSR count). The Hall–Kier alpha value is -0.0800. The zero-order valence-corrected chi connectivity index (χ0v) is 10.9. The van der Waals surface area contributed by atoms with Gasteiger partial charge in [0.15, 0.2) is 0 Å². The Morgan fingerprint density at radius 2 is 1.67 bits per heavy atom. The lowest BCUT2D eigenvalue weighted by Gasteiger charge is -2.27. The zero-order valence-electron chi connectivity index (χ0n) is 10.9. The molecule has 0 aromatic rings. The van der Waals surface area contributed by atoms with Gasteiger partial charge in [-0.2, -0.15) is 0 Å². The van der Waals surface area contributed by atoms with Crippen LogP contribution in [0.3, 0.4) is 0 Å². The minimum atomic E-state index is 0.365. The van der Waals surface area contributed by atoms with E-state index >= 15 is 0 Å². The van der Waals surface area contributed by atoms with Gasteiger partial charge in [-0.05, 0) is 31.1 Å². The Morgan fingerprint density at radius 1 is 1.07 bits per heavy atom. The second-order valence-corrected chi connectivity index (χ2v) is 5.97. The van der Waals surface area contributed by atoms with Crippen LogP contribution in [0.15, 0.2) is 0 Å². The van der Waals surface area contributed by atoms with Crippen LogP contribution in [0.25, 0.3) is 0 Å². The van der Waals surface area contributed by atoms with Crippen LogP contribution in [0.5, 0.6) is 0 Å². The quantitative estimate of drug-likeness (QED) is 0.702. The maximum Gasteiger partial charge on any atom is 0.0170 e. The van der Waals surface area contributed by atoms with Crippen LogP contribution in [0.2, 0.25) is 0 Å². The van der Waals surface area contributed by atoms with Crippen LogP contribution in [0, 0.1) is 11.8 Å². The van der Waals surface area contributed by atoms with Crippen molar-refractivity contribution in [1.82, 2.24) is 4.90 Å². The van der Waals surface area contributed by atoms with Crippen molar-refractivity contribution in [3.8, 4) is 0 Å². The fourth-order valence-electron chi connectivity index (χ4n) is 2.26. The number of nitrogens with two attached hydrogens (primary N) is 1. The molecule has 1 atom stereocenters. The minimum Gasteiger partial charge on any atom is -0.327 e. The van der Waals surface area contributed by atoms with Gasteiger partial charge < -0.3 is 5.73 Å². The predicted molar refractivity (Wildman–Crippen MR) is 66.9 cm³/mol. The summed E-state index contributed by atoms with van der Waals surface area (Å²) in [5.74, 6) is 1.48. The monoisotopic (exact) mass is 212 g/mol. The maximum atomic E-state index is 6.18. The van der Waals surface area contributed by atoms with Gasteiger partial charge in [0.25, 0.3) is 0 Å². The SMILES string of the molecule is CC(C)CC(N)CN(CC(C)C)C1CC1. The van der Waals surface area contributed by atoms with E-state index in [0.717, 1.165) is 30.8 Å². The first-order valence-corrected chi connectivity index (χ1v) is 6.48. The van der Waals surface area contributed by atoms with Crippen LogP contribution in [-0.4, -0.2) is 30.1 Å². The molecule has 0 radical (unpaired) electrons. The maximum absolute atomic E-state index is 6.18. The predicted octanol–water partition coefficient (Wildman–Crippen LogP) is 2.48. The summed E-state index contributed by atoms with van der Waals surface area (Å²) in [6.07, 6.45) is 3.93. The molecular formula is C13H28N2. The lowest BCUT2D eigenvalue weighted by atomic mass is 10.0. The molecule has 1 saturated carbocycles. The Kier molecular flexibility index (Phi) is 5.07. The Bertz CT molecular complexity index is 173. The van der Waals surface area contributed by atoms with Crippen molar-refractivity contribution in [1.29, 1.82) is 0 Å². The average molecular weight is 212 g/mol. The molecule has 0 amide bonds. The molecule has 1 fully saturated rings. The zero-order chi connectivity index (χ0) is 11.4. The molecule has 0 bridgehead atoms. The summed E-state index contributed by atoms with van der Waals surface area (Å²) in [6, 6.07) is 1.22. The first-order valence-electron chi connectivity index (χ1n) is 6.48. The summed E-state index contributed by atoms with van der Waals surface area (Å²) in [7, 11) is 0. The van der Waals surface area contributed by atoms with Crippen LogP contribution in [0.4, 0.5) is 0 Å². The van der Waals surface area contributed by atoms with Gasteiger partial charge in [-0.25, -0.2) is 0 Å². The minimum absolute atomic E-state index is 0.365. The van der Waals surface area contributed by atoms with Crippen molar-refractivity contribution in [3.05, 3.63) is 0 Å². The van der Waals surface area contributed by atoms with Crippen LogP contribution in [-0.2, 0) is 0 Å². The third-order valence-electron chi connectivity index (χ3n) is 2.91. The molecule has 90 valence electrons. The van der Waals surface area contributed by atoms with Gasteiger partial charge in [0, 0.05) is 25.2 Å². The summed E-state index contributed by atoms with van der Waals surface area (Å²) >= 11 is 0. The largest absolute Gasteiger partial charge is 0.327 e. The van der Waals surface area contributed by atoms with Crippen LogP contribution >= 0.6 is 0 Å².